The van der Waals surface area contributed by atoms with Gasteiger partial charge in [-0.1, -0.05) is 0 Å². The summed E-state index contributed by atoms with van der Waals surface area (Å²) in [6.45, 7) is 0. The van der Waals surface area contributed by atoms with E-state index in [1.807, 2.05) is 0 Å². The normalized spacial score (nSPS) is 10.7. The highest BCUT2D eigenvalue weighted by Crippen LogP contribution is 2.23. The van der Waals surface area contributed by atoms with Crippen molar-refractivity contribution in [3.05, 3.63) is 51.2 Å². The van der Waals surface area contributed by atoms with Crippen LogP contribution >= 0.6 is 0 Å². The molecule has 0 fully saturated rings. The van der Waals surface area contributed by atoms with Gasteiger partial charge in [0.1, 0.15) is 11.3 Å². The van der Waals surface area contributed by atoms with Crippen LogP contribution in [0.4, 0.5) is 5.69 Å². The Hall–Kier alpha value is -3.03. The fraction of sp³-hybridized carbons (Fsp3) is 0. The number of hydrogen-bond donors (Lipinski definition) is 2. The smallest absolute Gasteiger partial charge is 0.313 e. The third kappa shape index (κ3) is 1.75. The van der Waals surface area contributed by atoms with E-state index in [0.29, 0.717) is 11.4 Å². The maximum absolute atomic E-state index is 11.6. The lowest BCUT2D eigenvalue weighted by molar-refractivity contribution is -0.383. The number of hydrogen-bond acceptors (Lipinski definition) is 5. The maximum Gasteiger partial charge on any atom is 0.313 e. The van der Waals surface area contributed by atoms with Gasteiger partial charge < -0.3 is 9.97 Å². The van der Waals surface area contributed by atoms with E-state index < -0.39 is 10.5 Å². The summed E-state index contributed by atoms with van der Waals surface area (Å²) in [7, 11) is 0. The molecule has 0 aliphatic carbocycles. The summed E-state index contributed by atoms with van der Waals surface area (Å²) in [6, 6.07) is 3.45. The quantitative estimate of drug-likeness (QED) is 0.528. The average molecular weight is 257 g/mol. The fourth-order valence-corrected chi connectivity index (χ4v) is 1.78. The molecular weight excluding hydrogens is 250 g/mol. The van der Waals surface area contributed by atoms with E-state index in [9.17, 15) is 14.9 Å². The second kappa shape index (κ2) is 4.02. The van der Waals surface area contributed by atoms with E-state index >= 15 is 0 Å². The first kappa shape index (κ1) is 11.1. The lowest BCUT2D eigenvalue weighted by Crippen LogP contribution is -2.06. The molecule has 8 heteroatoms. The van der Waals surface area contributed by atoms with Gasteiger partial charge in [-0.3, -0.25) is 19.9 Å². The molecule has 0 aromatic carbocycles. The second-order valence-electron chi connectivity index (χ2n) is 3.81. The highest BCUT2D eigenvalue weighted by atomic mass is 16.6. The van der Waals surface area contributed by atoms with Crippen molar-refractivity contribution in [3.63, 3.8) is 0 Å². The third-order valence-electron chi connectivity index (χ3n) is 2.65. The maximum atomic E-state index is 11.6. The van der Waals surface area contributed by atoms with Gasteiger partial charge in [0.05, 0.1) is 11.1 Å². The van der Waals surface area contributed by atoms with Crippen molar-refractivity contribution in [1.82, 2.24) is 19.9 Å². The van der Waals surface area contributed by atoms with Gasteiger partial charge in [-0.25, -0.2) is 4.98 Å². The Morgan fingerprint density at radius 3 is 2.89 bits per heavy atom. The zero-order chi connectivity index (χ0) is 13.4. The Balaban J connectivity index is 2.32. The number of aromatic nitrogens is 4. The van der Waals surface area contributed by atoms with Crippen LogP contribution in [0, 0.1) is 10.1 Å². The van der Waals surface area contributed by atoms with Gasteiger partial charge in [-0.05, 0) is 12.1 Å². The molecule has 0 bridgehead atoms. The van der Waals surface area contributed by atoms with E-state index in [0.717, 1.165) is 6.20 Å². The van der Waals surface area contributed by atoms with Crippen LogP contribution in [0.25, 0.3) is 22.4 Å². The number of nitro groups is 1. The molecule has 2 N–H and O–H groups in total. The monoisotopic (exact) mass is 257 g/mol. The van der Waals surface area contributed by atoms with Crippen LogP contribution in [-0.4, -0.2) is 24.9 Å². The second-order valence-corrected chi connectivity index (χ2v) is 3.81. The van der Waals surface area contributed by atoms with Crippen molar-refractivity contribution >= 4 is 16.7 Å². The summed E-state index contributed by atoms with van der Waals surface area (Å²) in [6.07, 6.45) is 4.19. The summed E-state index contributed by atoms with van der Waals surface area (Å²) in [5, 5.41) is 10.9. The van der Waals surface area contributed by atoms with Crippen molar-refractivity contribution in [3.8, 4) is 11.4 Å². The van der Waals surface area contributed by atoms with Crippen LogP contribution in [0.3, 0.4) is 0 Å². The topological polar surface area (TPSA) is 118 Å². The number of pyridine rings is 2. The van der Waals surface area contributed by atoms with Crippen molar-refractivity contribution in [2.45, 2.75) is 0 Å². The molecule has 0 unspecified atom stereocenters. The third-order valence-corrected chi connectivity index (χ3v) is 2.65. The summed E-state index contributed by atoms with van der Waals surface area (Å²) in [4.78, 5) is 35.1. The lowest BCUT2D eigenvalue weighted by Gasteiger charge is -1.92. The highest BCUT2D eigenvalue weighted by Gasteiger charge is 2.19. The Bertz CT molecular complexity index is 821. The van der Waals surface area contributed by atoms with E-state index in [1.54, 1.807) is 24.5 Å². The number of aromatic amines is 2. The van der Waals surface area contributed by atoms with E-state index in [-0.39, 0.29) is 16.7 Å². The van der Waals surface area contributed by atoms with Crippen LogP contribution in [0.15, 0.2) is 35.5 Å². The average Bonchev–Trinajstić information content (AvgIpc) is 2.85. The molecule has 0 amide bonds. The van der Waals surface area contributed by atoms with Crippen LogP contribution < -0.4 is 5.56 Å². The van der Waals surface area contributed by atoms with Gasteiger partial charge in [0, 0.05) is 18.0 Å². The number of rotatable bonds is 2. The molecule has 0 aliphatic heterocycles. The minimum Gasteiger partial charge on any atom is -0.333 e. The summed E-state index contributed by atoms with van der Waals surface area (Å²) in [5.41, 5.74) is 0.0530. The number of fused-ring (bicyclic) bond motifs is 1. The number of nitrogens with zero attached hydrogens (tertiary/aromatic N) is 3. The van der Waals surface area contributed by atoms with Crippen molar-refractivity contribution in [2.24, 2.45) is 0 Å². The van der Waals surface area contributed by atoms with Crippen molar-refractivity contribution in [2.75, 3.05) is 0 Å². The number of H-pyrrole nitrogens is 2. The molecular formula is C11H7N5O3. The van der Waals surface area contributed by atoms with Crippen molar-refractivity contribution < 1.29 is 4.92 Å². The molecule has 3 rings (SSSR count). The molecule has 0 spiro atoms. The molecule has 3 aromatic rings. The first-order chi connectivity index (χ1) is 9.16. The van der Waals surface area contributed by atoms with E-state index in [2.05, 4.69) is 19.9 Å². The zero-order valence-corrected chi connectivity index (χ0v) is 9.45. The summed E-state index contributed by atoms with van der Waals surface area (Å²) < 4.78 is 0. The molecule has 94 valence electrons. The summed E-state index contributed by atoms with van der Waals surface area (Å²) >= 11 is 0. The van der Waals surface area contributed by atoms with E-state index in [4.69, 9.17) is 0 Å². The Morgan fingerprint density at radius 2 is 2.21 bits per heavy atom. The highest BCUT2D eigenvalue weighted by molar-refractivity contribution is 5.85. The molecule has 0 atom stereocenters. The molecule has 3 heterocycles. The number of nitrogens with one attached hydrogen (secondary N) is 2. The zero-order valence-electron chi connectivity index (χ0n) is 9.45. The molecule has 8 nitrogen and oxygen atoms in total. The van der Waals surface area contributed by atoms with Gasteiger partial charge in [0.15, 0.2) is 5.52 Å². The molecule has 0 radical (unpaired) electrons. The molecule has 3 aromatic heterocycles. The van der Waals surface area contributed by atoms with Crippen molar-refractivity contribution in [1.29, 1.82) is 0 Å². The Kier molecular flexibility index (Phi) is 2.34. The first-order valence-electron chi connectivity index (χ1n) is 5.33. The molecule has 0 saturated carbocycles. The minimum absolute atomic E-state index is 0.0348. The molecule has 0 saturated heterocycles. The van der Waals surface area contributed by atoms with Gasteiger partial charge in [-0.2, -0.15) is 0 Å². The Morgan fingerprint density at radius 1 is 1.37 bits per heavy atom. The Labute approximate surface area is 105 Å². The molecule has 19 heavy (non-hydrogen) atoms. The van der Waals surface area contributed by atoms with Crippen LogP contribution in [0.1, 0.15) is 0 Å². The SMILES string of the molecule is O=c1[nH]cc([N+](=O)[O-])c2nc(-c3cccnc3)[nH]c12. The first-order valence-corrected chi connectivity index (χ1v) is 5.33. The van der Waals surface area contributed by atoms with Crippen LogP contribution in [0.5, 0.6) is 0 Å². The lowest BCUT2D eigenvalue weighted by atomic mass is 10.3. The van der Waals surface area contributed by atoms with Gasteiger partial charge >= 0.3 is 5.69 Å². The predicted molar refractivity (Wildman–Crippen MR) is 66.6 cm³/mol. The van der Waals surface area contributed by atoms with Gasteiger partial charge in [0.25, 0.3) is 5.56 Å². The number of imidazole rings is 1. The summed E-state index contributed by atoms with van der Waals surface area (Å²) in [5.74, 6) is 0.364. The largest absolute Gasteiger partial charge is 0.333 e. The predicted octanol–water partition coefficient (Wildman–Crippen LogP) is 1.22. The minimum atomic E-state index is -0.591. The van der Waals surface area contributed by atoms with Gasteiger partial charge in [0.2, 0.25) is 0 Å². The standard InChI is InChI=1S/C11H7N5O3/c17-11-9-8(7(5-13-11)16(18)19)14-10(15-9)6-2-1-3-12-4-6/h1-5H,(H,13,17)(H,14,15). The fourth-order valence-electron chi connectivity index (χ4n) is 1.78. The van der Waals surface area contributed by atoms with Crippen LogP contribution in [-0.2, 0) is 0 Å². The van der Waals surface area contributed by atoms with E-state index in [1.165, 1.54) is 0 Å². The van der Waals surface area contributed by atoms with Gasteiger partial charge in [-0.15, -0.1) is 0 Å². The molecule has 0 aliphatic rings. The van der Waals surface area contributed by atoms with Crippen LogP contribution in [0.2, 0.25) is 0 Å².